The second kappa shape index (κ2) is 8.83. The summed E-state index contributed by atoms with van der Waals surface area (Å²) in [6.07, 6.45) is 2.95. The van der Waals surface area contributed by atoms with Crippen LogP contribution in [0.25, 0.3) is 0 Å². The van der Waals surface area contributed by atoms with E-state index in [1.165, 1.54) is 0 Å². The van der Waals surface area contributed by atoms with Crippen molar-refractivity contribution in [3.8, 4) is 5.75 Å². The number of hydrogen-bond acceptors (Lipinski definition) is 5. The van der Waals surface area contributed by atoms with Crippen LogP contribution in [0.1, 0.15) is 36.4 Å². The van der Waals surface area contributed by atoms with Gasteiger partial charge in [0, 0.05) is 20.1 Å². The van der Waals surface area contributed by atoms with Gasteiger partial charge in [0.1, 0.15) is 17.6 Å². The van der Waals surface area contributed by atoms with Crippen LogP contribution in [0.3, 0.4) is 0 Å². The minimum absolute atomic E-state index is 0.176. The summed E-state index contributed by atoms with van der Waals surface area (Å²) >= 11 is 0. The predicted molar refractivity (Wildman–Crippen MR) is 112 cm³/mol. The van der Waals surface area contributed by atoms with Crippen LogP contribution in [-0.4, -0.2) is 49.8 Å². The van der Waals surface area contributed by atoms with Gasteiger partial charge in [-0.25, -0.2) is 12.7 Å². The van der Waals surface area contributed by atoms with Gasteiger partial charge in [0.05, 0.1) is 12.6 Å². The molecular formula is C22H28N2O4S. The molecule has 2 aliphatic rings. The third-order valence-electron chi connectivity index (χ3n) is 5.69. The Bertz CT molecular complexity index is 913. The first-order valence-corrected chi connectivity index (χ1v) is 11.7. The van der Waals surface area contributed by atoms with Gasteiger partial charge in [0.25, 0.3) is 0 Å². The molecule has 0 aromatic heterocycles. The standard InChI is InChI=1S/C22H28N2O4S/c1-23-22(21(17-28-23)29(25,26)24-13-6-3-7-14-24)19-11-8-12-20(15-19)27-16-18-9-4-2-5-10-18/h2,4-5,8-12,15,21-22H,3,6-7,13-14,16-17H2,1H3. The lowest BCUT2D eigenvalue weighted by atomic mass is 10.0. The largest absolute Gasteiger partial charge is 0.489 e. The Hall–Kier alpha value is -1.93. The lowest BCUT2D eigenvalue weighted by Crippen LogP contribution is -2.44. The van der Waals surface area contributed by atoms with Gasteiger partial charge in [-0.1, -0.05) is 48.9 Å². The molecule has 0 bridgehead atoms. The zero-order valence-electron chi connectivity index (χ0n) is 16.7. The van der Waals surface area contributed by atoms with Gasteiger partial charge in [-0.05, 0) is 36.1 Å². The number of rotatable bonds is 6. The van der Waals surface area contributed by atoms with Crippen LogP contribution in [0.15, 0.2) is 54.6 Å². The van der Waals surface area contributed by atoms with Crippen LogP contribution in [0, 0.1) is 0 Å². The van der Waals surface area contributed by atoms with Crippen molar-refractivity contribution in [1.29, 1.82) is 0 Å². The highest BCUT2D eigenvalue weighted by atomic mass is 32.2. The molecular weight excluding hydrogens is 388 g/mol. The summed E-state index contributed by atoms with van der Waals surface area (Å²) < 4.78 is 34.2. The second-order valence-corrected chi connectivity index (χ2v) is 9.83. The Balaban J connectivity index is 1.54. The maximum absolute atomic E-state index is 13.3. The van der Waals surface area contributed by atoms with E-state index in [1.54, 1.807) is 16.4 Å². The SMILES string of the molecule is CN1OCC(S(=O)(=O)N2CCCCC2)C1c1cccc(OCc2ccccc2)c1. The smallest absolute Gasteiger partial charge is 0.221 e. The Labute approximate surface area is 173 Å². The van der Waals surface area contributed by atoms with E-state index in [2.05, 4.69) is 0 Å². The predicted octanol–water partition coefficient (Wildman–Crippen LogP) is 3.37. The molecule has 156 valence electrons. The highest BCUT2D eigenvalue weighted by Crippen LogP contribution is 2.36. The molecule has 2 aliphatic heterocycles. The van der Waals surface area contributed by atoms with E-state index >= 15 is 0 Å². The number of benzene rings is 2. The Morgan fingerprint density at radius 3 is 2.55 bits per heavy atom. The molecule has 0 N–H and O–H groups in total. The van der Waals surface area contributed by atoms with Crippen LogP contribution >= 0.6 is 0 Å². The van der Waals surface area contributed by atoms with Crippen molar-refractivity contribution >= 4 is 10.0 Å². The van der Waals surface area contributed by atoms with Gasteiger partial charge in [0.2, 0.25) is 10.0 Å². The number of hydroxylamine groups is 2. The quantitative estimate of drug-likeness (QED) is 0.723. The Morgan fingerprint density at radius 2 is 1.79 bits per heavy atom. The first-order chi connectivity index (χ1) is 14.1. The molecule has 2 saturated heterocycles. The van der Waals surface area contributed by atoms with Crippen LogP contribution in [0.4, 0.5) is 0 Å². The summed E-state index contributed by atoms with van der Waals surface area (Å²) in [4.78, 5) is 5.67. The summed E-state index contributed by atoms with van der Waals surface area (Å²) in [6.45, 7) is 1.86. The first kappa shape index (κ1) is 20.3. The highest BCUT2D eigenvalue weighted by molar-refractivity contribution is 7.89. The molecule has 0 saturated carbocycles. The highest BCUT2D eigenvalue weighted by Gasteiger charge is 2.45. The Kier molecular flexibility index (Phi) is 6.20. The molecule has 4 rings (SSSR count). The van der Waals surface area contributed by atoms with Crippen molar-refractivity contribution in [2.75, 3.05) is 26.7 Å². The van der Waals surface area contributed by atoms with Crippen molar-refractivity contribution in [3.63, 3.8) is 0 Å². The fraction of sp³-hybridized carbons (Fsp3) is 0.455. The molecule has 7 heteroatoms. The van der Waals surface area contributed by atoms with E-state index in [0.717, 1.165) is 36.1 Å². The van der Waals surface area contributed by atoms with Crippen LogP contribution in [0.5, 0.6) is 5.75 Å². The topological polar surface area (TPSA) is 59.1 Å². The fourth-order valence-electron chi connectivity index (χ4n) is 4.11. The first-order valence-electron chi connectivity index (χ1n) is 10.2. The fourth-order valence-corrected chi connectivity index (χ4v) is 6.15. The summed E-state index contributed by atoms with van der Waals surface area (Å²) in [7, 11) is -1.63. The van der Waals surface area contributed by atoms with E-state index in [0.29, 0.717) is 19.7 Å². The minimum Gasteiger partial charge on any atom is -0.489 e. The molecule has 29 heavy (non-hydrogen) atoms. The summed E-state index contributed by atoms with van der Waals surface area (Å²) in [5.41, 5.74) is 1.98. The number of sulfonamides is 1. The zero-order chi connectivity index (χ0) is 20.3. The lowest BCUT2D eigenvalue weighted by molar-refractivity contribution is -0.110. The molecule has 2 fully saturated rings. The van der Waals surface area contributed by atoms with Gasteiger partial charge in [-0.3, -0.25) is 4.84 Å². The molecule has 2 atom stereocenters. The number of ether oxygens (including phenoxy) is 1. The van der Waals surface area contributed by atoms with Crippen molar-refractivity contribution in [1.82, 2.24) is 9.37 Å². The lowest BCUT2D eigenvalue weighted by Gasteiger charge is -2.31. The Morgan fingerprint density at radius 1 is 1.03 bits per heavy atom. The van der Waals surface area contributed by atoms with Gasteiger partial charge >= 0.3 is 0 Å². The summed E-state index contributed by atoms with van der Waals surface area (Å²) in [5.74, 6) is 0.723. The number of piperidine rings is 1. The van der Waals surface area contributed by atoms with E-state index in [4.69, 9.17) is 9.57 Å². The van der Waals surface area contributed by atoms with E-state index < -0.39 is 15.3 Å². The minimum atomic E-state index is -3.43. The van der Waals surface area contributed by atoms with Crippen LogP contribution in [0.2, 0.25) is 0 Å². The normalized spacial score (nSPS) is 23.9. The second-order valence-electron chi connectivity index (χ2n) is 7.68. The number of hydrogen-bond donors (Lipinski definition) is 0. The van der Waals surface area contributed by atoms with E-state index in [-0.39, 0.29) is 12.6 Å². The average molecular weight is 417 g/mol. The van der Waals surface area contributed by atoms with Gasteiger partial charge in [-0.2, -0.15) is 5.06 Å². The molecule has 2 aromatic rings. The van der Waals surface area contributed by atoms with Crippen LogP contribution < -0.4 is 4.74 Å². The van der Waals surface area contributed by atoms with E-state index in [9.17, 15) is 8.42 Å². The molecule has 6 nitrogen and oxygen atoms in total. The van der Waals surface area contributed by atoms with E-state index in [1.807, 2.05) is 54.6 Å². The van der Waals surface area contributed by atoms with Crippen molar-refractivity contribution < 1.29 is 18.0 Å². The van der Waals surface area contributed by atoms with Gasteiger partial charge in [0.15, 0.2) is 0 Å². The van der Waals surface area contributed by atoms with Crippen molar-refractivity contribution in [2.45, 2.75) is 37.2 Å². The third kappa shape index (κ3) is 4.48. The summed E-state index contributed by atoms with van der Waals surface area (Å²) in [5, 5.41) is 1.05. The monoisotopic (exact) mass is 416 g/mol. The molecule has 0 spiro atoms. The van der Waals surface area contributed by atoms with Crippen LogP contribution in [-0.2, 0) is 21.5 Å². The maximum Gasteiger partial charge on any atom is 0.221 e. The van der Waals surface area contributed by atoms with Gasteiger partial charge < -0.3 is 4.74 Å². The maximum atomic E-state index is 13.3. The molecule has 2 heterocycles. The molecule has 2 aromatic carbocycles. The van der Waals surface area contributed by atoms with Crippen molar-refractivity contribution in [2.24, 2.45) is 0 Å². The molecule has 0 amide bonds. The van der Waals surface area contributed by atoms with Gasteiger partial charge in [-0.15, -0.1) is 0 Å². The average Bonchev–Trinajstić information content (AvgIpc) is 3.16. The third-order valence-corrected chi connectivity index (χ3v) is 7.94. The summed E-state index contributed by atoms with van der Waals surface area (Å²) in [6, 6.07) is 17.3. The number of nitrogens with zero attached hydrogens (tertiary/aromatic N) is 2. The molecule has 0 aliphatic carbocycles. The van der Waals surface area contributed by atoms with Crippen molar-refractivity contribution in [3.05, 3.63) is 65.7 Å². The molecule has 0 radical (unpaired) electrons. The zero-order valence-corrected chi connectivity index (χ0v) is 17.6. The molecule has 2 unspecified atom stereocenters.